The van der Waals surface area contributed by atoms with Gasteiger partial charge in [0.25, 0.3) is 0 Å². The minimum Gasteiger partial charge on any atom is -0.399 e. The second-order valence-electron chi connectivity index (χ2n) is 7.25. The number of nitrogen functional groups attached to an aromatic ring is 1. The largest absolute Gasteiger partial charge is 0.399 e. The zero-order valence-corrected chi connectivity index (χ0v) is 16.0. The molecular weight excluding hydrogens is 302 g/mol. The van der Waals surface area contributed by atoms with Crippen molar-refractivity contribution < 1.29 is 0 Å². The van der Waals surface area contributed by atoms with Gasteiger partial charge in [-0.25, -0.2) is 0 Å². The third kappa shape index (κ3) is 7.77. The molecular formula is C24H35N. The Morgan fingerprint density at radius 1 is 0.560 bits per heavy atom. The molecule has 0 aliphatic heterocycles. The lowest BCUT2D eigenvalue weighted by atomic mass is 10.0. The standard InChI is InChI=1S/C24H35N/c1-2-3-4-5-6-7-8-9-10-11-12-21-13-15-22(16-14-21)23-17-19-24(25)20-18-23/h13-20H,2-12,25H2,1H3. The lowest BCUT2D eigenvalue weighted by Crippen LogP contribution is -1.88. The van der Waals surface area contributed by atoms with Gasteiger partial charge in [0.2, 0.25) is 0 Å². The van der Waals surface area contributed by atoms with Gasteiger partial charge >= 0.3 is 0 Å². The highest BCUT2D eigenvalue weighted by Gasteiger charge is 1.99. The van der Waals surface area contributed by atoms with Crippen molar-refractivity contribution in [2.45, 2.75) is 77.6 Å². The number of aryl methyl sites for hydroxylation is 1. The fourth-order valence-electron chi connectivity index (χ4n) is 3.36. The molecule has 0 heterocycles. The third-order valence-corrected chi connectivity index (χ3v) is 5.02. The Labute approximate surface area is 154 Å². The van der Waals surface area contributed by atoms with Gasteiger partial charge in [-0.15, -0.1) is 0 Å². The van der Waals surface area contributed by atoms with Crippen LogP contribution in [0.1, 0.15) is 76.7 Å². The molecule has 1 nitrogen and oxygen atoms in total. The first-order valence-corrected chi connectivity index (χ1v) is 10.2. The summed E-state index contributed by atoms with van der Waals surface area (Å²) in [5, 5.41) is 0. The Hall–Kier alpha value is -1.76. The first kappa shape index (κ1) is 19.6. The van der Waals surface area contributed by atoms with E-state index in [4.69, 9.17) is 5.73 Å². The summed E-state index contributed by atoms with van der Waals surface area (Å²) in [5.41, 5.74) is 10.5. The van der Waals surface area contributed by atoms with Crippen molar-refractivity contribution >= 4 is 5.69 Å². The van der Waals surface area contributed by atoms with E-state index in [1.54, 1.807) is 0 Å². The van der Waals surface area contributed by atoms with Gasteiger partial charge in [0.05, 0.1) is 0 Å². The molecule has 0 aliphatic carbocycles. The molecule has 0 bridgehead atoms. The number of benzene rings is 2. The van der Waals surface area contributed by atoms with Gasteiger partial charge in [0.1, 0.15) is 0 Å². The summed E-state index contributed by atoms with van der Waals surface area (Å²) in [4.78, 5) is 0. The van der Waals surface area contributed by atoms with Crippen molar-refractivity contribution in [2.75, 3.05) is 5.73 Å². The first-order chi connectivity index (χ1) is 12.3. The van der Waals surface area contributed by atoms with Crippen LogP contribution >= 0.6 is 0 Å². The number of hydrogen-bond acceptors (Lipinski definition) is 1. The molecule has 0 spiro atoms. The highest BCUT2D eigenvalue weighted by atomic mass is 14.5. The Kier molecular flexibility index (Phi) is 9.18. The monoisotopic (exact) mass is 337 g/mol. The van der Waals surface area contributed by atoms with Crippen molar-refractivity contribution in [3.8, 4) is 11.1 Å². The summed E-state index contributed by atoms with van der Waals surface area (Å²) in [6.07, 6.45) is 15.2. The van der Waals surface area contributed by atoms with E-state index >= 15 is 0 Å². The fraction of sp³-hybridized carbons (Fsp3) is 0.500. The number of nitrogens with two attached hydrogens (primary N) is 1. The molecule has 2 aromatic rings. The van der Waals surface area contributed by atoms with Crippen LogP contribution in [0.3, 0.4) is 0 Å². The predicted octanol–water partition coefficient (Wildman–Crippen LogP) is 7.40. The third-order valence-electron chi connectivity index (χ3n) is 5.02. The van der Waals surface area contributed by atoms with Gasteiger partial charge in [0.15, 0.2) is 0 Å². The average Bonchev–Trinajstić information content (AvgIpc) is 2.64. The van der Waals surface area contributed by atoms with Gasteiger partial charge in [-0.2, -0.15) is 0 Å². The van der Waals surface area contributed by atoms with Crippen LogP contribution in [0.5, 0.6) is 0 Å². The zero-order chi connectivity index (χ0) is 17.7. The summed E-state index contributed by atoms with van der Waals surface area (Å²) < 4.78 is 0. The van der Waals surface area contributed by atoms with Crippen LogP contribution in [0.2, 0.25) is 0 Å². The molecule has 0 saturated carbocycles. The summed E-state index contributed by atoms with van der Waals surface area (Å²) in [6, 6.07) is 17.1. The normalized spacial score (nSPS) is 10.9. The molecule has 0 unspecified atom stereocenters. The molecule has 2 aromatic carbocycles. The maximum Gasteiger partial charge on any atom is 0.0314 e. The maximum absolute atomic E-state index is 5.75. The van der Waals surface area contributed by atoms with Gasteiger partial charge in [-0.05, 0) is 41.7 Å². The Morgan fingerprint density at radius 2 is 1.00 bits per heavy atom. The van der Waals surface area contributed by atoms with E-state index in [0.717, 1.165) is 5.69 Å². The average molecular weight is 338 g/mol. The fourth-order valence-corrected chi connectivity index (χ4v) is 3.36. The molecule has 0 aliphatic rings. The molecule has 1 heteroatoms. The van der Waals surface area contributed by atoms with Gasteiger partial charge in [-0.1, -0.05) is 101 Å². The number of rotatable bonds is 12. The quantitative estimate of drug-likeness (QED) is 0.317. The van der Waals surface area contributed by atoms with Crippen LogP contribution in [0.25, 0.3) is 11.1 Å². The second kappa shape index (κ2) is 11.7. The van der Waals surface area contributed by atoms with E-state index in [9.17, 15) is 0 Å². The van der Waals surface area contributed by atoms with Crippen LogP contribution < -0.4 is 5.73 Å². The Bertz CT molecular complexity index is 568. The van der Waals surface area contributed by atoms with E-state index in [-0.39, 0.29) is 0 Å². The summed E-state index contributed by atoms with van der Waals surface area (Å²) >= 11 is 0. The molecule has 136 valence electrons. The molecule has 25 heavy (non-hydrogen) atoms. The molecule has 0 amide bonds. The van der Waals surface area contributed by atoms with Crippen molar-refractivity contribution in [3.63, 3.8) is 0 Å². The lowest BCUT2D eigenvalue weighted by Gasteiger charge is -2.06. The smallest absolute Gasteiger partial charge is 0.0314 e. The number of hydrogen-bond donors (Lipinski definition) is 1. The molecule has 0 atom stereocenters. The van der Waals surface area contributed by atoms with Crippen LogP contribution in [-0.2, 0) is 6.42 Å². The van der Waals surface area contributed by atoms with E-state index < -0.39 is 0 Å². The molecule has 0 saturated heterocycles. The maximum atomic E-state index is 5.75. The summed E-state index contributed by atoms with van der Waals surface area (Å²) in [5.74, 6) is 0. The van der Waals surface area contributed by atoms with Crippen molar-refractivity contribution in [1.82, 2.24) is 0 Å². The van der Waals surface area contributed by atoms with Gasteiger partial charge in [-0.3, -0.25) is 0 Å². The van der Waals surface area contributed by atoms with Crippen LogP contribution in [0.15, 0.2) is 48.5 Å². The molecule has 2 rings (SSSR count). The van der Waals surface area contributed by atoms with Gasteiger partial charge < -0.3 is 5.73 Å². The molecule has 0 radical (unpaired) electrons. The van der Waals surface area contributed by atoms with E-state index in [2.05, 4.69) is 43.3 Å². The summed E-state index contributed by atoms with van der Waals surface area (Å²) in [7, 11) is 0. The minimum absolute atomic E-state index is 0.821. The van der Waals surface area contributed by atoms with E-state index in [1.165, 1.54) is 87.3 Å². The van der Waals surface area contributed by atoms with E-state index in [0.29, 0.717) is 0 Å². The number of unbranched alkanes of at least 4 members (excludes halogenated alkanes) is 9. The predicted molar refractivity (Wildman–Crippen MR) is 112 cm³/mol. The zero-order valence-electron chi connectivity index (χ0n) is 16.0. The second-order valence-corrected chi connectivity index (χ2v) is 7.25. The molecule has 0 aromatic heterocycles. The van der Waals surface area contributed by atoms with Crippen LogP contribution in [0, 0.1) is 0 Å². The Morgan fingerprint density at radius 3 is 1.52 bits per heavy atom. The Balaban J connectivity index is 1.58. The molecule has 0 fully saturated rings. The minimum atomic E-state index is 0.821. The van der Waals surface area contributed by atoms with Crippen molar-refractivity contribution in [3.05, 3.63) is 54.1 Å². The highest BCUT2D eigenvalue weighted by Crippen LogP contribution is 2.21. The highest BCUT2D eigenvalue weighted by molar-refractivity contribution is 5.65. The lowest BCUT2D eigenvalue weighted by molar-refractivity contribution is 0.556. The van der Waals surface area contributed by atoms with Crippen LogP contribution in [-0.4, -0.2) is 0 Å². The number of anilines is 1. The van der Waals surface area contributed by atoms with E-state index in [1.807, 2.05) is 12.1 Å². The van der Waals surface area contributed by atoms with Crippen molar-refractivity contribution in [2.24, 2.45) is 0 Å². The topological polar surface area (TPSA) is 26.0 Å². The van der Waals surface area contributed by atoms with Gasteiger partial charge in [0, 0.05) is 5.69 Å². The first-order valence-electron chi connectivity index (χ1n) is 10.2. The van der Waals surface area contributed by atoms with Crippen LogP contribution in [0.4, 0.5) is 5.69 Å². The molecule has 2 N–H and O–H groups in total. The van der Waals surface area contributed by atoms with Crippen molar-refractivity contribution in [1.29, 1.82) is 0 Å². The summed E-state index contributed by atoms with van der Waals surface area (Å²) in [6.45, 7) is 2.28. The SMILES string of the molecule is CCCCCCCCCCCCc1ccc(-c2ccc(N)cc2)cc1.